The number of hydrogen-bond donors (Lipinski definition) is 0. The molecule has 110 valence electrons. The van der Waals surface area contributed by atoms with Crippen LogP contribution in [0.4, 0.5) is 0 Å². The second-order valence-electron chi connectivity index (χ2n) is 4.47. The quantitative estimate of drug-likeness (QED) is 0.791. The topological polar surface area (TPSA) is 44.8 Å². The average molecular weight is 286 g/mol. The van der Waals surface area contributed by atoms with Crippen molar-refractivity contribution in [3.05, 3.63) is 59.7 Å². The Morgan fingerprint density at radius 2 is 1.29 bits per heavy atom. The van der Waals surface area contributed by atoms with Crippen molar-refractivity contribution < 1.29 is 19.0 Å². The summed E-state index contributed by atoms with van der Waals surface area (Å²) in [4.78, 5) is 11.5. The first-order chi connectivity index (χ1) is 10.2. The minimum absolute atomic E-state index is 0.364. The molecule has 2 aromatic carbocycles. The van der Waals surface area contributed by atoms with Crippen LogP contribution in [0.1, 0.15) is 24.2 Å². The van der Waals surface area contributed by atoms with Gasteiger partial charge in [-0.3, -0.25) is 4.79 Å². The molecule has 0 saturated heterocycles. The van der Waals surface area contributed by atoms with Crippen LogP contribution >= 0.6 is 0 Å². The number of carbonyl (C=O) groups excluding carboxylic acids is 1. The zero-order valence-corrected chi connectivity index (χ0v) is 12.3. The molecule has 0 aliphatic rings. The summed E-state index contributed by atoms with van der Waals surface area (Å²) in [6, 6.07) is 14.9. The highest BCUT2D eigenvalue weighted by Gasteiger charge is 2.24. The van der Waals surface area contributed by atoms with Gasteiger partial charge >= 0.3 is 5.97 Å². The van der Waals surface area contributed by atoms with Crippen LogP contribution < -0.4 is 9.47 Å². The van der Waals surface area contributed by atoms with Crippen LogP contribution in [0.5, 0.6) is 11.5 Å². The minimum atomic E-state index is -0.574. The molecule has 0 aliphatic carbocycles. The van der Waals surface area contributed by atoms with Crippen molar-refractivity contribution in [1.82, 2.24) is 0 Å². The number of methoxy groups -OCH3 is 2. The molecule has 21 heavy (non-hydrogen) atoms. The molecule has 0 atom stereocenters. The second kappa shape index (κ2) is 6.79. The molecule has 0 heterocycles. The normalized spacial score (nSPS) is 10.3. The fraction of sp³-hybridized carbons (Fsp3) is 0.235. The van der Waals surface area contributed by atoms with Crippen LogP contribution in [-0.4, -0.2) is 20.2 Å². The van der Waals surface area contributed by atoms with E-state index in [4.69, 9.17) is 14.2 Å². The molecule has 0 N–H and O–H groups in total. The summed E-state index contributed by atoms with van der Waals surface area (Å²) in [5, 5.41) is 0. The molecule has 2 rings (SSSR count). The number of para-hydroxylation sites is 2. The number of hydrogen-bond acceptors (Lipinski definition) is 4. The average Bonchev–Trinajstić information content (AvgIpc) is 2.52. The van der Waals surface area contributed by atoms with Crippen LogP contribution in [0.25, 0.3) is 0 Å². The van der Waals surface area contributed by atoms with Crippen LogP contribution in [0, 0.1) is 0 Å². The number of benzene rings is 2. The van der Waals surface area contributed by atoms with Gasteiger partial charge in [0.05, 0.1) is 14.2 Å². The maximum Gasteiger partial charge on any atom is 0.303 e. The van der Waals surface area contributed by atoms with E-state index in [2.05, 4.69) is 0 Å². The predicted molar refractivity (Wildman–Crippen MR) is 79.6 cm³/mol. The van der Waals surface area contributed by atoms with Crippen molar-refractivity contribution in [3.8, 4) is 11.5 Å². The Morgan fingerprint density at radius 3 is 1.67 bits per heavy atom. The van der Waals surface area contributed by atoms with E-state index >= 15 is 0 Å². The molecule has 0 amide bonds. The zero-order valence-electron chi connectivity index (χ0n) is 12.3. The van der Waals surface area contributed by atoms with Crippen molar-refractivity contribution in [3.63, 3.8) is 0 Å². The first kappa shape index (κ1) is 14.9. The highest BCUT2D eigenvalue weighted by molar-refractivity contribution is 5.67. The third kappa shape index (κ3) is 3.34. The van der Waals surface area contributed by atoms with Gasteiger partial charge in [0, 0.05) is 18.1 Å². The van der Waals surface area contributed by atoms with Gasteiger partial charge in [-0.15, -0.1) is 0 Å². The molecule has 0 radical (unpaired) electrons. The van der Waals surface area contributed by atoms with E-state index in [0.29, 0.717) is 11.5 Å². The van der Waals surface area contributed by atoms with Crippen molar-refractivity contribution in [1.29, 1.82) is 0 Å². The lowest BCUT2D eigenvalue weighted by Gasteiger charge is -2.21. The Morgan fingerprint density at radius 1 is 0.857 bits per heavy atom. The molecule has 0 saturated carbocycles. The lowest BCUT2D eigenvalue weighted by molar-refractivity contribution is -0.144. The third-order valence-corrected chi connectivity index (χ3v) is 3.13. The Kier molecular flexibility index (Phi) is 4.82. The molecule has 0 unspecified atom stereocenters. The number of esters is 1. The van der Waals surface area contributed by atoms with Gasteiger partial charge in [0.15, 0.2) is 6.10 Å². The number of carbonyl (C=O) groups is 1. The Balaban J connectivity index is 2.55. The second-order valence-corrected chi connectivity index (χ2v) is 4.47. The fourth-order valence-corrected chi connectivity index (χ4v) is 2.23. The van der Waals surface area contributed by atoms with Gasteiger partial charge in [0.2, 0.25) is 0 Å². The van der Waals surface area contributed by atoms with E-state index in [1.807, 2.05) is 48.5 Å². The molecule has 2 aromatic rings. The summed E-state index contributed by atoms with van der Waals surface area (Å²) < 4.78 is 16.3. The van der Waals surface area contributed by atoms with Gasteiger partial charge in [-0.2, -0.15) is 0 Å². The van der Waals surface area contributed by atoms with Crippen LogP contribution in [0.3, 0.4) is 0 Å². The van der Waals surface area contributed by atoms with Crippen LogP contribution in [-0.2, 0) is 9.53 Å². The Labute approximate surface area is 124 Å². The van der Waals surface area contributed by atoms with Gasteiger partial charge < -0.3 is 14.2 Å². The highest BCUT2D eigenvalue weighted by atomic mass is 16.5. The van der Waals surface area contributed by atoms with Gasteiger partial charge in [-0.1, -0.05) is 36.4 Å². The molecule has 0 spiro atoms. The summed E-state index contributed by atoms with van der Waals surface area (Å²) in [5.41, 5.74) is 1.56. The van der Waals surface area contributed by atoms with E-state index in [1.54, 1.807) is 14.2 Å². The minimum Gasteiger partial charge on any atom is -0.496 e. The maximum atomic E-state index is 11.5. The molecule has 0 fully saturated rings. The molecule has 0 aliphatic heterocycles. The van der Waals surface area contributed by atoms with Crippen molar-refractivity contribution in [2.24, 2.45) is 0 Å². The molecule has 0 bridgehead atoms. The molecule has 0 aromatic heterocycles. The van der Waals surface area contributed by atoms with Gasteiger partial charge in [-0.25, -0.2) is 0 Å². The molecule has 4 nitrogen and oxygen atoms in total. The van der Waals surface area contributed by atoms with Crippen molar-refractivity contribution in [2.45, 2.75) is 13.0 Å². The summed E-state index contributed by atoms with van der Waals surface area (Å²) in [7, 11) is 3.18. The third-order valence-electron chi connectivity index (χ3n) is 3.13. The lowest BCUT2D eigenvalue weighted by atomic mass is 9.99. The van der Waals surface area contributed by atoms with Gasteiger partial charge in [-0.05, 0) is 12.1 Å². The monoisotopic (exact) mass is 286 g/mol. The van der Waals surface area contributed by atoms with Crippen molar-refractivity contribution >= 4 is 5.97 Å². The summed E-state index contributed by atoms with van der Waals surface area (Å²) in [5.74, 6) is 0.959. The first-order valence-electron chi connectivity index (χ1n) is 6.60. The smallest absolute Gasteiger partial charge is 0.303 e. The predicted octanol–water partition coefficient (Wildman–Crippen LogP) is 3.36. The van der Waals surface area contributed by atoms with Crippen LogP contribution in [0.2, 0.25) is 0 Å². The maximum absolute atomic E-state index is 11.5. The largest absolute Gasteiger partial charge is 0.496 e. The summed E-state index contributed by atoms with van der Waals surface area (Å²) in [6.45, 7) is 1.39. The number of rotatable bonds is 5. The highest BCUT2D eigenvalue weighted by Crippen LogP contribution is 2.37. The van der Waals surface area contributed by atoms with Crippen molar-refractivity contribution in [2.75, 3.05) is 14.2 Å². The van der Waals surface area contributed by atoms with Gasteiger partial charge in [0.25, 0.3) is 0 Å². The summed E-state index contributed by atoms with van der Waals surface area (Å²) >= 11 is 0. The lowest BCUT2D eigenvalue weighted by Crippen LogP contribution is -2.12. The standard InChI is InChI=1S/C17H18O4/c1-12(18)21-17(13-8-4-6-10-15(13)19-2)14-9-5-7-11-16(14)20-3/h4-11,17H,1-3H3. The Hall–Kier alpha value is -2.49. The van der Waals surface area contributed by atoms with E-state index in [1.165, 1.54) is 6.92 Å². The molecular weight excluding hydrogens is 268 g/mol. The van der Waals surface area contributed by atoms with E-state index in [9.17, 15) is 4.79 Å². The van der Waals surface area contributed by atoms with Crippen LogP contribution in [0.15, 0.2) is 48.5 Å². The molecule has 4 heteroatoms. The summed E-state index contributed by atoms with van der Waals surface area (Å²) in [6.07, 6.45) is -0.574. The SMILES string of the molecule is COc1ccccc1C(OC(C)=O)c1ccccc1OC. The van der Waals surface area contributed by atoms with E-state index in [-0.39, 0.29) is 5.97 Å². The zero-order chi connectivity index (χ0) is 15.2. The Bertz CT molecular complexity index is 574. The first-order valence-corrected chi connectivity index (χ1v) is 6.60. The van der Waals surface area contributed by atoms with E-state index in [0.717, 1.165) is 11.1 Å². The van der Waals surface area contributed by atoms with E-state index < -0.39 is 6.10 Å². The number of ether oxygens (including phenoxy) is 3. The molecular formula is C17H18O4. The fourth-order valence-electron chi connectivity index (χ4n) is 2.23. The van der Waals surface area contributed by atoms with Gasteiger partial charge in [0.1, 0.15) is 11.5 Å².